The molecule has 1 N–H and O–H groups in total. The third kappa shape index (κ3) is 3.68. The van der Waals surface area contributed by atoms with Gasteiger partial charge in [0.1, 0.15) is 11.3 Å². The van der Waals surface area contributed by atoms with E-state index in [0.29, 0.717) is 32.8 Å². The van der Waals surface area contributed by atoms with E-state index in [1.165, 1.54) is 0 Å². The van der Waals surface area contributed by atoms with Gasteiger partial charge < -0.3 is 9.52 Å². The molecular weight excluding hydrogens is 383 g/mol. The predicted octanol–water partition coefficient (Wildman–Crippen LogP) is 6.57. The van der Waals surface area contributed by atoms with Crippen LogP contribution in [0.1, 0.15) is 11.1 Å². The second-order valence-corrected chi connectivity index (χ2v) is 6.96. The molecule has 0 amide bonds. The topological polar surface area (TPSA) is 58.6 Å². The van der Waals surface area contributed by atoms with E-state index < -0.39 is 0 Å². The first-order valence-electron chi connectivity index (χ1n) is 8.19. The van der Waals surface area contributed by atoms with Crippen LogP contribution in [0, 0.1) is 6.92 Å². The normalized spacial score (nSPS) is 11.5. The first kappa shape index (κ1) is 17.6. The van der Waals surface area contributed by atoms with Crippen molar-refractivity contribution in [3.8, 4) is 17.2 Å². The fourth-order valence-electron chi connectivity index (χ4n) is 2.68. The van der Waals surface area contributed by atoms with Crippen molar-refractivity contribution in [1.29, 1.82) is 0 Å². The summed E-state index contributed by atoms with van der Waals surface area (Å²) in [7, 11) is 0. The first-order valence-corrected chi connectivity index (χ1v) is 8.95. The Labute approximate surface area is 165 Å². The highest BCUT2D eigenvalue weighted by molar-refractivity contribution is 6.36. The lowest BCUT2D eigenvalue weighted by molar-refractivity contribution is 0.474. The Hall–Kier alpha value is -2.82. The Kier molecular flexibility index (Phi) is 4.60. The Morgan fingerprint density at radius 3 is 2.67 bits per heavy atom. The monoisotopic (exact) mass is 396 g/mol. The molecule has 0 aliphatic heterocycles. The summed E-state index contributed by atoms with van der Waals surface area (Å²) >= 11 is 12.0. The average Bonchev–Trinajstić information content (AvgIpc) is 3.03. The predicted molar refractivity (Wildman–Crippen MR) is 110 cm³/mol. The van der Waals surface area contributed by atoms with Crippen LogP contribution in [0.3, 0.4) is 0 Å². The number of nitrogens with zero attached hydrogens (tertiary/aromatic N) is 2. The zero-order valence-electron chi connectivity index (χ0n) is 14.3. The number of aromatic nitrogens is 1. The van der Waals surface area contributed by atoms with Gasteiger partial charge >= 0.3 is 0 Å². The minimum Gasteiger partial charge on any atom is -0.507 e. The van der Waals surface area contributed by atoms with Crippen molar-refractivity contribution in [2.75, 3.05) is 0 Å². The van der Waals surface area contributed by atoms with Gasteiger partial charge in [0.15, 0.2) is 5.58 Å². The molecule has 0 spiro atoms. The largest absolute Gasteiger partial charge is 0.507 e. The van der Waals surface area contributed by atoms with Crippen molar-refractivity contribution in [3.05, 3.63) is 75.8 Å². The molecule has 3 aromatic carbocycles. The van der Waals surface area contributed by atoms with Gasteiger partial charge in [0.05, 0.1) is 16.3 Å². The summed E-state index contributed by atoms with van der Waals surface area (Å²) in [4.78, 5) is 8.81. The van der Waals surface area contributed by atoms with Gasteiger partial charge in [-0.15, -0.1) is 0 Å². The maximum atomic E-state index is 10.4. The molecular formula is C21H14Cl2N2O2. The third-order valence-electron chi connectivity index (χ3n) is 4.07. The van der Waals surface area contributed by atoms with Gasteiger partial charge in [-0.05, 0) is 48.9 Å². The van der Waals surface area contributed by atoms with Crippen LogP contribution in [-0.4, -0.2) is 16.3 Å². The molecule has 4 aromatic rings. The molecule has 1 heterocycles. The van der Waals surface area contributed by atoms with Gasteiger partial charge in [-0.3, -0.25) is 4.99 Å². The minimum absolute atomic E-state index is 0.0372. The van der Waals surface area contributed by atoms with Crippen molar-refractivity contribution in [2.24, 2.45) is 4.99 Å². The van der Waals surface area contributed by atoms with Crippen LogP contribution in [0.5, 0.6) is 5.75 Å². The zero-order valence-corrected chi connectivity index (χ0v) is 15.8. The highest BCUT2D eigenvalue weighted by Gasteiger charge is 2.13. The Morgan fingerprint density at radius 2 is 1.89 bits per heavy atom. The van der Waals surface area contributed by atoms with Gasteiger partial charge in [0.25, 0.3) is 0 Å². The number of benzene rings is 3. The molecule has 1 aromatic heterocycles. The van der Waals surface area contributed by atoms with Gasteiger partial charge in [0, 0.05) is 22.9 Å². The lowest BCUT2D eigenvalue weighted by Gasteiger charge is -2.02. The SMILES string of the molecule is Cc1ccc2oc(-c3ccc(N=Cc4ccc(Cl)cc4Cl)cc3O)nc2c1. The molecule has 0 bridgehead atoms. The van der Waals surface area contributed by atoms with Crippen molar-refractivity contribution in [1.82, 2.24) is 4.98 Å². The summed E-state index contributed by atoms with van der Waals surface area (Å²) in [5.74, 6) is 0.402. The number of phenolic OH excluding ortho intramolecular Hbond substituents is 1. The summed E-state index contributed by atoms with van der Waals surface area (Å²) in [6.45, 7) is 1.99. The first-order chi connectivity index (χ1) is 13.0. The Bertz CT molecular complexity index is 1180. The Morgan fingerprint density at radius 1 is 1.04 bits per heavy atom. The van der Waals surface area contributed by atoms with E-state index in [9.17, 15) is 5.11 Å². The number of aryl methyl sites for hydroxylation is 1. The van der Waals surface area contributed by atoms with E-state index in [4.69, 9.17) is 27.6 Å². The number of halogens is 2. The van der Waals surface area contributed by atoms with Crippen molar-refractivity contribution >= 4 is 46.2 Å². The fourth-order valence-corrected chi connectivity index (χ4v) is 3.14. The zero-order chi connectivity index (χ0) is 19.0. The van der Waals surface area contributed by atoms with E-state index in [1.54, 1.807) is 42.6 Å². The number of oxazole rings is 1. The standard InChI is InChI=1S/C21H14Cl2N2O2/c1-12-2-7-20-18(8-12)25-21(27-20)16-6-5-15(10-19(16)26)24-11-13-3-4-14(22)9-17(13)23/h2-11,26H,1H3. The molecule has 0 radical (unpaired) electrons. The van der Waals surface area contributed by atoms with Crippen LogP contribution >= 0.6 is 23.2 Å². The van der Waals surface area contributed by atoms with Gasteiger partial charge in [-0.25, -0.2) is 4.98 Å². The quantitative estimate of drug-likeness (QED) is 0.398. The number of aliphatic imine (C=N–C) groups is 1. The molecule has 0 atom stereocenters. The highest BCUT2D eigenvalue weighted by Crippen LogP contribution is 2.34. The smallest absolute Gasteiger partial charge is 0.231 e. The molecule has 0 saturated carbocycles. The summed E-state index contributed by atoms with van der Waals surface area (Å²) in [6, 6.07) is 16.0. The van der Waals surface area contributed by atoms with Crippen LogP contribution in [0.15, 0.2) is 64.0 Å². The van der Waals surface area contributed by atoms with Gasteiger partial charge in [-0.1, -0.05) is 35.3 Å². The summed E-state index contributed by atoms with van der Waals surface area (Å²) < 4.78 is 5.75. The molecule has 134 valence electrons. The van der Waals surface area contributed by atoms with Crippen LogP contribution in [0.4, 0.5) is 5.69 Å². The van der Waals surface area contributed by atoms with E-state index >= 15 is 0 Å². The van der Waals surface area contributed by atoms with E-state index in [-0.39, 0.29) is 5.75 Å². The van der Waals surface area contributed by atoms with Crippen LogP contribution in [0.2, 0.25) is 10.0 Å². The number of hydrogen-bond donors (Lipinski definition) is 1. The van der Waals surface area contributed by atoms with Gasteiger partial charge in [0.2, 0.25) is 5.89 Å². The molecule has 0 aliphatic carbocycles. The molecule has 6 heteroatoms. The number of hydrogen-bond acceptors (Lipinski definition) is 4. The Balaban J connectivity index is 1.64. The van der Waals surface area contributed by atoms with Crippen molar-refractivity contribution < 1.29 is 9.52 Å². The summed E-state index contributed by atoms with van der Waals surface area (Å²) in [5.41, 5.74) is 4.34. The number of rotatable bonds is 3. The van der Waals surface area contributed by atoms with Crippen molar-refractivity contribution in [2.45, 2.75) is 6.92 Å². The second kappa shape index (κ2) is 7.06. The van der Waals surface area contributed by atoms with Crippen LogP contribution in [0.25, 0.3) is 22.6 Å². The molecule has 27 heavy (non-hydrogen) atoms. The average molecular weight is 397 g/mol. The second-order valence-electron chi connectivity index (χ2n) is 6.12. The highest BCUT2D eigenvalue weighted by atomic mass is 35.5. The molecule has 4 nitrogen and oxygen atoms in total. The lowest BCUT2D eigenvalue weighted by atomic mass is 10.2. The van der Waals surface area contributed by atoms with E-state index in [0.717, 1.165) is 16.6 Å². The molecule has 4 rings (SSSR count). The van der Waals surface area contributed by atoms with E-state index in [2.05, 4.69) is 9.98 Å². The van der Waals surface area contributed by atoms with Crippen LogP contribution in [-0.2, 0) is 0 Å². The summed E-state index contributed by atoms with van der Waals surface area (Å²) in [5, 5.41) is 11.5. The molecule has 0 fully saturated rings. The van der Waals surface area contributed by atoms with E-state index in [1.807, 2.05) is 25.1 Å². The van der Waals surface area contributed by atoms with Crippen molar-refractivity contribution in [3.63, 3.8) is 0 Å². The van der Waals surface area contributed by atoms with Crippen LogP contribution < -0.4 is 0 Å². The maximum absolute atomic E-state index is 10.4. The lowest BCUT2D eigenvalue weighted by Crippen LogP contribution is -1.83. The molecule has 0 aliphatic rings. The number of fused-ring (bicyclic) bond motifs is 1. The summed E-state index contributed by atoms with van der Waals surface area (Å²) in [6.07, 6.45) is 1.62. The fraction of sp³-hybridized carbons (Fsp3) is 0.0476. The maximum Gasteiger partial charge on any atom is 0.231 e. The third-order valence-corrected chi connectivity index (χ3v) is 4.63. The molecule has 0 unspecified atom stereocenters. The number of phenols is 1. The minimum atomic E-state index is 0.0372. The molecule has 0 saturated heterocycles. The van der Waals surface area contributed by atoms with Gasteiger partial charge in [-0.2, -0.15) is 0 Å². The number of aromatic hydroxyl groups is 1.